The third-order valence-corrected chi connectivity index (χ3v) is 5.01. The topological polar surface area (TPSA) is 52.1 Å². The second-order valence-electron chi connectivity index (χ2n) is 7.10. The molecule has 1 saturated heterocycles. The summed E-state index contributed by atoms with van der Waals surface area (Å²) in [6.45, 7) is 6.46. The fourth-order valence-electron chi connectivity index (χ4n) is 3.13. The summed E-state index contributed by atoms with van der Waals surface area (Å²) >= 11 is 5.99. The molecular weight excluding hydrogens is 527 g/mol. The first-order valence-corrected chi connectivity index (χ1v) is 10.5. The monoisotopic (exact) mass is 559 g/mol. The molecule has 1 heterocycles. The maximum atomic E-state index is 12.6. The predicted molar refractivity (Wildman–Crippen MR) is 129 cm³/mol. The zero-order valence-electron chi connectivity index (χ0n) is 17.7. The normalized spacial score (nSPS) is 15.7. The minimum Gasteiger partial charge on any atom is -0.434 e. The largest absolute Gasteiger partial charge is 0.434 e. The highest BCUT2D eigenvalue weighted by Gasteiger charge is 2.13. The van der Waals surface area contributed by atoms with Crippen LogP contribution in [0.25, 0.3) is 0 Å². The van der Waals surface area contributed by atoms with Gasteiger partial charge in [-0.2, -0.15) is 8.78 Å². The number of ether oxygens (including phenoxy) is 1. The van der Waals surface area contributed by atoms with E-state index in [1.165, 1.54) is 12.1 Å². The number of piperazine rings is 1. The lowest BCUT2D eigenvalue weighted by Crippen LogP contribution is -2.44. The Morgan fingerprint density at radius 1 is 1.20 bits per heavy atom. The Morgan fingerprint density at radius 2 is 1.93 bits per heavy atom. The van der Waals surface area contributed by atoms with Crippen molar-refractivity contribution in [3.63, 3.8) is 0 Å². The molecule has 6 nitrogen and oxygen atoms in total. The van der Waals surface area contributed by atoms with E-state index in [0.717, 1.165) is 52.1 Å². The lowest BCUT2D eigenvalue weighted by Gasteiger charge is -2.32. The van der Waals surface area contributed by atoms with Crippen LogP contribution in [0.2, 0.25) is 5.02 Å². The van der Waals surface area contributed by atoms with Crippen LogP contribution in [0, 0.1) is 0 Å². The molecule has 1 aromatic rings. The average Bonchev–Trinajstić information content (AvgIpc) is 2.68. The van der Waals surface area contributed by atoms with Gasteiger partial charge in [-0.15, -0.1) is 24.0 Å². The minimum atomic E-state index is -2.88. The Kier molecular flexibility index (Phi) is 13.5. The van der Waals surface area contributed by atoms with Crippen LogP contribution in [0.5, 0.6) is 5.75 Å². The molecule has 30 heavy (non-hydrogen) atoms. The van der Waals surface area contributed by atoms with Crippen LogP contribution in [-0.4, -0.2) is 75.2 Å². The number of halogens is 4. The van der Waals surface area contributed by atoms with E-state index >= 15 is 0 Å². The summed E-state index contributed by atoms with van der Waals surface area (Å²) in [4.78, 5) is 9.34. The Labute approximate surface area is 200 Å². The molecule has 0 radical (unpaired) electrons. The van der Waals surface area contributed by atoms with Gasteiger partial charge >= 0.3 is 6.61 Å². The molecule has 0 amide bonds. The number of guanidine groups is 1. The number of aliphatic imine (C=N–C) groups is 1. The van der Waals surface area contributed by atoms with Crippen LogP contribution in [0.4, 0.5) is 8.78 Å². The van der Waals surface area contributed by atoms with Crippen LogP contribution in [-0.2, 0) is 6.54 Å². The SMILES string of the molecule is CCNC(=NCc1cc(Cl)ccc1OC(F)F)NCCCCN1CCN(C)CC1.I. The molecule has 0 atom stereocenters. The number of benzene rings is 1. The summed E-state index contributed by atoms with van der Waals surface area (Å²) in [5.74, 6) is 0.742. The number of likely N-dealkylation sites (N-methyl/N-ethyl adjacent to an activating group) is 1. The van der Waals surface area contributed by atoms with Gasteiger partial charge in [-0.05, 0) is 51.6 Å². The van der Waals surface area contributed by atoms with Gasteiger partial charge in [0.05, 0.1) is 6.54 Å². The smallest absolute Gasteiger partial charge is 0.387 e. The molecule has 0 bridgehead atoms. The highest BCUT2D eigenvalue weighted by Crippen LogP contribution is 2.25. The van der Waals surface area contributed by atoms with E-state index in [0.29, 0.717) is 23.1 Å². The highest BCUT2D eigenvalue weighted by atomic mass is 127. The highest BCUT2D eigenvalue weighted by molar-refractivity contribution is 14.0. The van der Waals surface area contributed by atoms with Crippen LogP contribution in [0.1, 0.15) is 25.3 Å². The molecule has 0 spiro atoms. The van der Waals surface area contributed by atoms with Crippen LogP contribution < -0.4 is 15.4 Å². The Morgan fingerprint density at radius 3 is 2.60 bits per heavy atom. The Bertz CT molecular complexity index is 646. The third kappa shape index (κ3) is 10.4. The fourth-order valence-corrected chi connectivity index (χ4v) is 3.32. The quantitative estimate of drug-likeness (QED) is 0.198. The molecule has 0 aromatic heterocycles. The van der Waals surface area contributed by atoms with Crippen molar-refractivity contribution in [3.8, 4) is 5.75 Å². The predicted octanol–water partition coefficient (Wildman–Crippen LogP) is 3.64. The van der Waals surface area contributed by atoms with E-state index in [2.05, 4.69) is 37.2 Å². The van der Waals surface area contributed by atoms with Crippen molar-refractivity contribution >= 4 is 41.5 Å². The van der Waals surface area contributed by atoms with Crippen molar-refractivity contribution in [1.82, 2.24) is 20.4 Å². The first kappa shape index (κ1) is 27.1. The van der Waals surface area contributed by atoms with Gasteiger partial charge in [0, 0.05) is 49.9 Å². The number of hydrogen-bond acceptors (Lipinski definition) is 4. The summed E-state index contributed by atoms with van der Waals surface area (Å²) in [5.41, 5.74) is 0.519. The third-order valence-electron chi connectivity index (χ3n) is 4.78. The van der Waals surface area contributed by atoms with Gasteiger partial charge in [0.2, 0.25) is 0 Å². The second kappa shape index (κ2) is 15.0. The van der Waals surface area contributed by atoms with Gasteiger partial charge < -0.3 is 25.2 Å². The Hall–Kier alpha value is -0.910. The summed E-state index contributed by atoms with van der Waals surface area (Å²) in [6, 6.07) is 4.57. The van der Waals surface area contributed by atoms with Crippen molar-refractivity contribution in [2.24, 2.45) is 4.99 Å². The van der Waals surface area contributed by atoms with Crippen molar-refractivity contribution in [1.29, 1.82) is 0 Å². The molecule has 1 aliphatic heterocycles. The van der Waals surface area contributed by atoms with Crippen molar-refractivity contribution in [3.05, 3.63) is 28.8 Å². The maximum absolute atomic E-state index is 12.6. The number of alkyl halides is 2. The van der Waals surface area contributed by atoms with Crippen LogP contribution in [0.15, 0.2) is 23.2 Å². The van der Waals surface area contributed by atoms with Crippen LogP contribution in [0.3, 0.4) is 0 Å². The summed E-state index contributed by atoms with van der Waals surface area (Å²) in [6.07, 6.45) is 2.16. The first-order chi connectivity index (χ1) is 14.0. The second-order valence-corrected chi connectivity index (χ2v) is 7.54. The van der Waals surface area contributed by atoms with E-state index in [1.54, 1.807) is 6.07 Å². The molecule has 10 heteroatoms. The van der Waals surface area contributed by atoms with E-state index in [9.17, 15) is 8.78 Å². The number of nitrogens with zero attached hydrogens (tertiary/aromatic N) is 3. The van der Waals surface area contributed by atoms with Gasteiger partial charge in [-0.25, -0.2) is 4.99 Å². The van der Waals surface area contributed by atoms with Crippen molar-refractivity contribution in [2.45, 2.75) is 32.9 Å². The lowest BCUT2D eigenvalue weighted by molar-refractivity contribution is -0.0504. The van der Waals surface area contributed by atoms with Crippen molar-refractivity contribution in [2.75, 3.05) is 52.9 Å². The van der Waals surface area contributed by atoms with Gasteiger partial charge in [0.25, 0.3) is 0 Å². The molecule has 1 aliphatic rings. The molecule has 0 unspecified atom stereocenters. The molecule has 0 saturated carbocycles. The fraction of sp³-hybridized carbons (Fsp3) is 0.650. The molecule has 0 aliphatic carbocycles. The zero-order chi connectivity index (χ0) is 21.1. The van der Waals surface area contributed by atoms with Crippen LogP contribution >= 0.6 is 35.6 Å². The molecule has 172 valence electrons. The summed E-state index contributed by atoms with van der Waals surface area (Å²) in [7, 11) is 2.16. The summed E-state index contributed by atoms with van der Waals surface area (Å²) in [5, 5.41) is 6.93. The molecular formula is C20H33ClF2IN5O. The number of nitrogens with one attached hydrogen (secondary N) is 2. The van der Waals surface area contributed by atoms with Crippen molar-refractivity contribution < 1.29 is 13.5 Å². The number of rotatable bonds is 10. The van der Waals surface area contributed by atoms with E-state index in [1.807, 2.05) is 6.92 Å². The molecule has 2 rings (SSSR count). The van der Waals surface area contributed by atoms with Gasteiger partial charge in [-0.3, -0.25) is 0 Å². The lowest BCUT2D eigenvalue weighted by atomic mass is 10.2. The molecule has 2 N–H and O–H groups in total. The number of unbranched alkanes of at least 4 members (excludes halogenated alkanes) is 1. The summed E-state index contributed by atoms with van der Waals surface area (Å²) < 4.78 is 29.7. The van der Waals surface area contributed by atoms with E-state index in [4.69, 9.17) is 11.6 Å². The molecule has 1 aromatic carbocycles. The first-order valence-electron chi connectivity index (χ1n) is 10.1. The van der Waals surface area contributed by atoms with Gasteiger partial charge in [-0.1, -0.05) is 11.6 Å². The van der Waals surface area contributed by atoms with E-state index in [-0.39, 0.29) is 36.3 Å². The van der Waals surface area contributed by atoms with E-state index < -0.39 is 6.61 Å². The average molecular weight is 560 g/mol. The molecule has 1 fully saturated rings. The zero-order valence-corrected chi connectivity index (χ0v) is 20.8. The minimum absolute atomic E-state index is 0. The number of hydrogen-bond donors (Lipinski definition) is 2. The Balaban J connectivity index is 0.00000450. The van der Waals surface area contributed by atoms with Gasteiger partial charge in [0.15, 0.2) is 5.96 Å². The maximum Gasteiger partial charge on any atom is 0.387 e. The standard InChI is InChI=1S/C20H32ClF2N5O.HI/c1-3-24-20(25-8-4-5-9-28-12-10-27(2)11-13-28)26-15-16-14-17(21)6-7-18(16)29-19(22)23;/h6-7,14,19H,3-5,8-13,15H2,1-2H3,(H2,24,25,26);1H. The van der Waals surface area contributed by atoms with Gasteiger partial charge in [0.1, 0.15) is 5.75 Å².